The minimum absolute atomic E-state index is 0.286. The molecular weight excluding hydrogens is 462 g/mol. The quantitative estimate of drug-likeness (QED) is 0.405. The summed E-state index contributed by atoms with van der Waals surface area (Å²) in [5, 5.41) is 9.27. The predicted octanol–water partition coefficient (Wildman–Crippen LogP) is 5.19. The summed E-state index contributed by atoms with van der Waals surface area (Å²) < 4.78 is 22.1. The number of amides is 1. The van der Waals surface area contributed by atoms with Gasteiger partial charge < -0.3 is 29.0 Å². The number of carbonyl (C=O) groups is 2. The molecule has 8 nitrogen and oxygen atoms in total. The standard InChI is InChI=1S/C28H37NO7/c1-3-34-26(27(30)31)18-21-12-14-23(15-13-21)35-17-16-29(20-22-8-5-4-6-9-22)28(32)36-25-11-7-10-24(19-25)33-2/h7,10-15,19,22,26H,3-6,8-9,16-18,20H2,1-2H3,(H,30,31). The first-order valence-electron chi connectivity index (χ1n) is 12.7. The highest BCUT2D eigenvalue weighted by Gasteiger charge is 2.23. The molecule has 1 fully saturated rings. The van der Waals surface area contributed by atoms with Gasteiger partial charge in [0.1, 0.15) is 23.9 Å². The van der Waals surface area contributed by atoms with Gasteiger partial charge in [-0.2, -0.15) is 0 Å². The van der Waals surface area contributed by atoms with Gasteiger partial charge in [0.2, 0.25) is 0 Å². The zero-order chi connectivity index (χ0) is 25.8. The minimum Gasteiger partial charge on any atom is -0.497 e. The van der Waals surface area contributed by atoms with Crippen molar-refractivity contribution >= 4 is 12.1 Å². The van der Waals surface area contributed by atoms with Crippen molar-refractivity contribution in [1.82, 2.24) is 4.90 Å². The summed E-state index contributed by atoms with van der Waals surface area (Å²) in [5.74, 6) is 1.21. The van der Waals surface area contributed by atoms with Crippen LogP contribution in [-0.2, 0) is 16.0 Å². The van der Waals surface area contributed by atoms with Crippen LogP contribution in [0.2, 0.25) is 0 Å². The molecule has 1 aliphatic carbocycles. The Balaban J connectivity index is 1.57. The molecule has 1 atom stereocenters. The normalized spacial score (nSPS) is 14.6. The molecular formula is C28H37NO7. The van der Waals surface area contributed by atoms with Crippen LogP contribution in [0.1, 0.15) is 44.6 Å². The van der Waals surface area contributed by atoms with E-state index in [4.69, 9.17) is 18.9 Å². The summed E-state index contributed by atoms with van der Waals surface area (Å²) in [6.45, 7) is 3.47. The molecule has 8 heteroatoms. The molecule has 1 saturated carbocycles. The molecule has 0 aromatic heterocycles. The number of nitrogens with zero attached hydrogens (tertiary/aromatic N) is 1. The second kappa shape index (κ2) is 14.3. The molecule has 0 radical (unpaired) electrons. The Kier molecular flexibility index (Phi) is 10.9. The third kappa shape index (κ3) is 8.75. The van der Waals surface area contributed by atoms with E-state index in [9.17, 15) is 14.7 Å². The number of rotatable bonds is 13. The number of ether oxygens (including phenoxy) is 4. The number of carbonyl (C=O) groups excluding carboxylic acids is 1. The van der Waals surface area contributed by atoms with Gasteiger partial charge in [-0.1, -0.05) is 37.5 Å². The number of aliphatic carboxylic acids is 1. The lowest BCUT2D eigenvalue weighted by Gasteiger charge is -2.29. The first-order chi connectivity index (χ1) is 17.5. The molecule has 3 rings (SSSR count). The van der Waals surface area contributed by atoms with E-state index in [1.165, 1.54) is 19.3 Å². The smallest absolute Gasteiger partial charge is 0.415 e. The molecule has 0 heterocycles. The monoisotopic (exact) mass is 499 g/mol. The Morgan fingerprint density at radius 2 is 1.75 bits per heavy atom. The molecule has 196 valence electrons. The summed E-state index contributed by atoms with van der Waals surface area (Å²) in [7, 11) is 1.57. The Hall–Kier alpha value is -3.26. The topological polar surface area (TPSA) is 94.5 Å². The van der Waals surface area contributed by atoms with Crippen LogP contribution in [-0.4, -0.2) is 61.6 Å². The molecule has 2 aromatic rings. The second-order valence-corrected chi connectivity index (χ2v) is 8.98. The predicted molar refractivity (Wildman–Crippen MR) is 136 cm³/mol. The third-order valence-corrected chi connectivity index (χ3v) is 6.33. The summed E-state index contributed by atoms with van der Waals surface area (Å²) in [4.78, 5) is 26.1. The Bertz CT molecular complexity index is 957. The maximum atomic E-state index is 13.0. The minimum atomic E-state index is -0.976. The number of carboxylic acids is 1. The second-order valence-electron chi connectivity index (χ2n) is 8.98. The average Bonchev–Trinajstić information content (AvgIpc) is 2.89. The lowest BCUT2D eigenvalue weighted by atomic mass is 9.89. The Labute approximate surface area is 213 Å². The van der Waals surface area contributed by atoms with Gasteiger partial charge in [-0.05, 0) is 55.5 Å². The van der Waals surface area contributed by atoms with E-state index in [0.29, 0.717) is 49.5 Å². The van der Waals surface area contributed by atoms with E-state index < -0.39 is 18.2 Å². The van der Waals surface area contributed by atoms with E-state index >= 15 is 0 Å². The van der Waals surface area contributed by atoms with Crippen LogP contribution in [0.5, 0.6) is 17.2 Å². The average molecular weight is 500 g/mol. The molecule has 1 amide bonds. The lowest BCUT2D eigenvalue weighted by Crippen LogP contribution is -2.40. The number of methoxy groups -OCH3 is 1. The van der Waals surface area contributed by atoms with Crippen LogP contribution >= 0.6 is 0 Å². The fourth-order valence-corrected chi connectivity index (χ4v) is 4.40. The van der Waals surface area contributed by atoms with E-state index in [0.717, 1.165) is 18.4 Å². The molecule has 36 heavy (non-hydrogen) atoms. The fraction of sp³-hybridized carbons (Fsp3) is 0.500. The van der Waals surface area contributed by atoms with Gasteiger partial charge in [0.05, 0.1) is 13.7 Å². The number of hydrogen-bond donors (Lipinski definition) is 1. The van der Waals surface area contributed by atoms with Gasteiger partial charge in [0, 0.05) is 25.6 Å². The zero-order valence-corrected chi connectivity index (χ0v) is 21.2. The number of benzene rings is 2. The van der Waals surface area contributed by atoms with Gasteiger partial charge in [-0.3, -0.25) is 0 Å². The summed E-state index contributed by atoms with van der Waals surface area (Å²) in [6.07, 6.45) is 4.89. The van der Waals surface area contributed by atoms with E-state index in [2.05, 4.69) is 0 Å². The highest BCUT2D eigenvalue weighted by Crippen LogP contribution is 2.25. The molecule has 1 aliphatic rings. The van der Waals surface area contributed by atoms with E-state index in [-0.39, 0.29) is 6.42 Å². The summed E-state index contributed by atoms with van der Waals surface area (Å²) in [6, 6.07) is 14.3. The van der Waals surface area contributed by atoms with Crippen molar-refractivity contribution in [2.24, 2.45) is 5.92 Å². The SMILES string of the molecule is CCOC(Cc1ccc(OCCN(CC2CCCCC2)C(=O)Oc2cccc(OC)c2)cc1)C(=O)O. The van der Waals surface area contributed by atoms with Gasteiger partial charge in [-0.25, -0.2) is 9.59 Å². The third-order valence-electron chi connectivity index (χ3n) is 6.33. The van der Waals surface area contributed by atoms with Crippen molar-refractivity contribution in [2.75, 3.05) is 33.4 Å². The number of carboxylic acid groups (broad SMARTS) is 1. The fourth-order valence-electron chi connectivity index (χ4n) is 4.40. The molecule has 0 spiro atoms. The zero-order valence-electron chi connectivity index (χ0n) is 21.2. The summed E-state index contributed by atoms with van der Waals surface area (Å²) in [5.41, 5.74) is 0.851. The van der Waals surface area contributed by atoms with Gasteiger partial charge in [-0.15, -0.1) is 0 Å². The van der Waals surface area contributed by atoms with Gasteiger partial charge >= 0.3 is 12.1 Å². The maximum Gasteiger partial charge on any atom is 0.415 e. The van der Waals surface area contributed by atoms with Crippen molar-refractivity contribution in [3.63, 3.8) is 0 Å². The first kappa shape index (κ1) is 27.3. The molecule has 0 saturated heterocycles. The van der Waals surface area contributed by atoms with Gasteiger partial charge in [0.15, 0.2) is 6.10 Å². The number of hydrogen-bond acceptors (Lipinski definition) is 6. The first-order valence-corrected chi connectivity index (χ1v) is 12.7. The Morgan fingerprint density at radius 3 is 2.42 bits per heavy atom. The molecule has 1 N–H and O–H groups in total. The molecule has 0 aliphatic heterocycles. The highest BCUT2D eigenvalue weighted by atomic mass is 16.6. The van der Waals surface area contributed by atoms with Crippen molar-refractivity contribution in [3.05, 3.63) is 54.1 Å². The van der Waals surface area contributed by atoms with Crippen LogP contribution in [0.15, 0.2) is 48.5 Å². The maximum absolute atomic E-state index is 13.0. The van der Waals surface area contributed by atoms with Crippen LogP contribution in [0.3, 0.4) is 0 Å². The van der Waals surface area contributed by atoms with Crippen molar-refractivity contribution in [1.29, 1.82) is 0 Å². The lowest BCUT2D eigenvalue weighted by molar-refractivity contribution is -0.149. The molecule has 2 aromatic carbocycles. The van der Waals surface area contributed by atoms with Crippen LogP contribution < -0.4 is 14.2 Å². The molecule has 1 unspecified atom stereocenters. The van der Waals surface area contributed by atoms with E-state index in [1.54, 1.807) is 55.3 Å². The van der Waals surface area contributed by atoms with Crippen molar-refractivity contribution in [3.8, 4) is 17.2 Å². The van der Waals surface area contributed by atoms with Crippen LogP contribution in [0.4, 0.5) is 4.79 Å². The van der Waals surface area contributed by atoms with Crippen molar-refractivity contribution < 1.29 is 33.6 Å². The van der Waals surface area contributed by atoms with Crippen LogP contribution in [0, 0.1) is 5.92 Å². The largest absolute Gasteiger partial charge is 0.497 e. The van der Waals surface area contributed by atoms with E-state index in [1.807, 2.05) is 12.1 Å². The van der Waals surface area contributed by atoms with Gasteiger partial charge in [0.25, 0.3) is 0 Å². The Morgan fingerprint density at radius 1 is 1.03 bits per heavy atom. The van der Waals surface area contributed by atoms with Crippen LogP contribution in [0.25, 0.3) is 0 Å². The summed E-state index contributed by atoms with van der Waals surface area (Å²) >= 11 is 0. The van der Waals surface area contributed by atoms with Crippen molar-refractivity contribution in [2.45, 2.75) is 51.6 Å². The highest BCUT2D eigenvalue weighted by molar-refractivity contribution is 5.72. The molecule has 0 bridgehead atoms.